The zero-order chi connectivity index (χ0) is 12.9. The van der Waals surface area contributed by atoms with E-state index in [-0.39, 0.29) is 11.2 Å². The van der Waals surface area contributed by atoms with Gasteiger partial charge in [-0.05, 0) is 16.5 Å². The van der Waals surface area contributed by atoms with Crippen LogP contribution in [0.25, 0.3) is 0 Å². The van der Waals surface area contributed by atoms with Crippen molar-refractivity contribution in [1.29, 1.82) is 0 Å². The van der Waals surface area contributed by atoms with Gasteiger partial charge in [-0.1, -0.05) is 45.0 Å². The monoisotopic (exact) mass is 234 g/mol. The molecule has 0 aliphatic carbocycles. The number of rotatable bonds is 5. The van der Waals surface area contributed by atoms with Crippen LogP contribution in [0.2, 0.25) is 0 Å². The third-order valence-electron chi connectivity index (χ3n) is 2.81. The number of carbonyl (C=O) groups excluding carboxylic acids is 1. The Bertz CT molecular complexity index is 358. The highest BCUT2D eigenvalue weighted by Crippen LogP contribution is 2.22. The molecule has 0 heterocycles. The molecule has 1 aromatic carbocycles. The SMILES string of the molecule is COCCC(=O)Cc1ccc(C(C)(C)C)cc1. The molecule has 0 aliphatic heterocycles. The van der Waals surface area contributed by atoms with Crippen LogP contribution >= 0.6 is 0 Å². The number of benzene rings is 1. The van der Waals surface area contributed by atoms with E-state index in [1.165, 1.54) is 5.56 Å². The smallest absolute Gasteiger partial charge is 0.139 e. The van der Waals surface area contributed by atoms with Gasteiger partial charge in [-0.15, -0.1) is 0 Å². The van der Waals surface area contributed by atoms with Gasteiger partial charge in [0.25, 0.3) is 0 Å². The lowest BCUT2D eigenvalue weighted by Crippen LogP contribution is -2.11. The molecule has 0 amide bonds. The van der Waals surface area contributed by atoms with Gasteiger partial charge in [-0.3, -0.25) is 4.79 Å². The fourth-order valence-electron chi connectivity index (χ4n) is 1.65. The number of ketones is 1. The largest absolute Gasteiger partial charge is 0.384 e. The minimum absolute atomic E-state index is 0.165. The summed E-state index contributed by atoms with van der Waals surface area (Å²) in [7, 11) is 1.62. The molecule has 0 fully saturated rings. The maximum Gasteiger partial charge on any atom is 0.139 e. The average Bonchev–Trinajstić information content (AvgIpc) is 2.26. The molecular formula is C15H22O2. The minimum atomic E-state index is 0.165. The van der Waals surface area contributed by atoms with Crippen molar-refractivity contribution in [2.24, 2.45) is 0 Å². The van der Waals surface area contributed by atoms with E-state index in [0.29, 0.717) is 19.4 Å². The second-order valence-corrected chi connectivity index (χ2v) is 5.41. The molecule has 2 heteroatoms. The van der Waals surface area contributed by atoms with E-state index in [1.54, 1.807) is 7.11 Å². The molecule has 0 radical (unpaired) electrons. The summed E-state index contributed by atoms with van der Waals surface area (Å²) < 4.78 is 4.89. The molecule has 0 unspecified atom stereocenters. The van der Waals surface area contributed by atoms with Gasteiger partial charge in [0.1, 0.15) is 5.78 Å². The molecule has 1 aromatic rings. The van der Waals surface area contributed by atoms with Crippen molar-refractivity contribution in [1.82, 2.24) is 0 Å². The van der Waals surface area contributed by atoms with E-state index in [0.717, 1.165) is 5.56 Å². The molecule has 2 nitrogen and oxygen atoms in total. The van der Waals surface area contributed by atoms with Gasteiger partial charge < -0.3 is 4.74 Å². The van der Waals surface area contributed by atoms with Crippen LogP contribution in [0.3, 0.4) is 0 Å². The summed E-state index contributed by atoms with van der Waals surface area (Å²) >= 11 is 0. The van der Waals surface area contributed by atoms with Crippen molar-refractivity contribution in [3.63, 3.8) is 0 Å². The van der Waals surface area contributed by atoms with E-state index in [2.05, 4.69) is 32.9 Å². The summed E-state index contributed by atoms with van der Waals surface area (Å²) in [6.07, 6.45) is 1.01. The first-order valence-electron chi connectivity index (χ1n) is 6.03. The molecule has 0 aromatic heterocycles. The third-order valence-corrected chi connectivity index (χ3v) is 2.81. The number of ether oxygens (including phenoxy) is 1. The Kier molecular flexibility index (Phi) is 4.88. The Balaban J connectivity index is 2.60. The number of hydrogen-bond donors (Lipinski definition) is 0. The van der Waals surface area contributed by atoms with Crippen LogP contribution in [0.5, 0.6) is 0 Å². The Hall–Kier alpha value is -1.15. The van der Waals surface area contributed by atoms with Crippen molar-refractivity contribution in [2.45, 2.75) is 39.0 Å². The molecule has 0 atom stereocenters. The highest BCUT2D eigenvalue weighted by molar-refractivity contribution is 5.80. The van der Waals surface area contributed by atoms with Gasteiger partial charge in [0.05, 0.1) is 6.61 Å². The molecule has 0 aliphatic rings. The lowest BCUT2D eigenvalue weighted by atomic mass is 9.86. The highest BCUT2D eigenvalue weighted by Gasteiger charge is 2.13. The van der Waals surface area contributed by atoms with Gasteiger partial charge in [-0.2, -0.15) is 0 Å². The van der Waals surface area contributed by atoms with E-state index < -0.39 is 0 Å². The van der Waals surface area contributed by atoms with E-state index in [9.17, 15) is 4.79 Å². The third kappa shape index (κ3) is 4.70. The highest BCUT2D eigenvalue weighted by atomic mass is 16.5. The van der Waals surface area contributed by atoms with Gasteiger partial charge in [0, 0.05) is 20.0 Å². The van der Waals surface area contributed by atoms with Crippen LogP contribution in [-0.2, 0) is 21.4 Å². The fourth-order valence-corrected chi connectivity index (χ4v) is 1.65. The summed E-state index contributed by atoms with van der Waals surface area (Å²) in [4.78, 5) is 11.6. The van der Waals surface area contributed by atoms with E-state index in [4.69, 9.17) is 4.74 Å². The number of Topliss-reactive ketones (excluding diaryl/α,β-unsaturated/α-hetero) is 1. The van der Waals surface area contributed by atoms with Crippen molar-refractivity contribution in [3.8, 4) is 0 Å². The predicted octanol–water partition coefficient (Wildman–Crippen LogP) is 3.13. The summed E-state index contributed by atoms with van der Waals surface area (Å²) in [6.45, 7) is 7.07. The van der Waals surface area contributed by atoms with Crippen LogP contribution in [-0.4, -0.2) is 19.5 Å². The molecule has 94 valence electrons. The Labute approximate surface area is 104 Å². The topological polar surface area (TPSA) is 26.3 Å². The van der Waals surface area contributed by atoms with Gasteiger partial charge in [0.2, 0.25) is 0 Å². The van der Waals surface area contributed by atoms with Crippen LogP contribution in [0.4, 0.5) is 0 Å². The number of carbonyl (C=O) groups is 1. The minimum Gasteiger partial charge on any atom is -0.384 e. The zero-order valence-electron chi connectivity index (χ0n) is 11.2. The second-order valence-electron chi connectivity index (χ2n) is 5.41. The lowest BCUT2D eigenvalue weighted by molar-refractivity contribution is -0.119. The van der Waals surface area contributed by atoms with Crippen LogP contribution in [0.1, 0.15) is 38.3 Å². The average molecular weight is 234 g/mol. The summed E-state index contributed by atoms with van der Waals surface area (Å²) in [5.74, 6) is 0.232. The molecule has 0 bridgehead atoms. The van der Waals surface area contributed by atoms with Crippen molar-refractivity contribution < 1.29 is 9.53 Å². The quantitative estimate of drug-likeness (QED) is 0.782. The van der Waals surface area contributed by atoms with Crippen LogP contribution in [0.15, 0.2) is 24.3 Å². The Morgan fingerprint density at radius 3 is 2.24 bits per heavy atom. The van der Waals surface area contributed by atoms with Crippen LogP contribution in [0, 0.1) is 0 Å². The maximum absolute atomic E-state index is 11.6. The van der Waals surface area contributed by atoms with Crippen molar-refractivity contribution in [2.75, 3.05) is 13.7 Å². The zero-order valence-corrected chi connectivity index (χ0v) is 11.2. The molecule has 1 rings (SSSR count). The standard InChI is InChI=1S/C15H22O2/c1-15(2,3)13-7-5-12(6-8-13)11-14(16)9-10-17-4/h5-8H,9-11H2,1-4H3. The first-order chi connectivity index (χ1) is 7.93. The summed E-state index contributed by atoms with van der Waals surface area (Å²) in [6, 6.07) is 8.31. The second kappa shape index (κ2) is 5.97. The summed E-state index contributed by atoms with van der Waals surface area (Å²) in [5.41, 5.74) is 2.54. The summed E-state index contributed by atoms with van der Waals surface area (Å²) in [5, 5.41) is 0. The first-order valence-corrected chi connectivity index (χ1v) is 6.03. The fraction of sp³-hybridized carbons (Fsp3) is 0.533. The van der Waals surface area contributed by atoms with Crippen molar-refractivity contribution in [3.05, 3.63) is 35.4 Å². The van der Waals surface area contributed by atoms with Gasteiger partial charge in [-0.25, -0.2) is 0 Å². The first kappa shape index (κ1) is 13.9. The number of methoxy groups -OCH3 is 1. The predicted molar refractivity (Wildman–Crippen MR) is 70.3 cm³/mol. The molecule has 0 spiro atoms. The van der Waals surface area contributed by atoms with E-state index >= 15 is 0 Å². The van der Waals surface area contributed by atoms with Crippen LogP contribution < -0.4 is 0 Å². The number of hydrogen-bond acceptors (Lipinski definition) is 2. The van der Waals surface area contributed by atoms with Gasteiger partial charge >= 0.3 is 0 Å². The van der Waals surface area contributed by atoms with E-state index in [1.807, 2.05) is 12.1 Å². The Morgan fingerprint density at radius 1 is 1.18 bits per heavy atom. The molecule has 0 saturated heterocycles. The Morgan fingerprint density at radius 2 is 1.76 bits per heavy atom. The molecule has 0 saturated carbocycles. The maximum atomic E-state index is 11.6. The molecule has 0 N–H and O–H groups in total. The molecule has 17 heavy (non-hydrogen) atoms. The lowest BCUT2D eigenvalue weighted by Gasteiger charge is -2.19. The van der Waals surface area contributed by atoms with Gasteiger partial charge in [0.15, 0.2) is 0 Å². The molecular weight excluding hydrogens is 212 g/mol. The van der Waals surface area contributed by atoms with Crippen molar-refractivity contribution >= 4 is 5.78 Å². The normalized spacial score (nSPS) is 11.5.